The second-order valence-corrected chi connectivity index (χ2v) is 14.0. The maximum atomic E-state index is 15.9. The predicted molar refractivity (Wildman–Crippen MR) is 143 cm³/mol. The first-order valence-corrected chi connectivity index (χ1v) is 16.7. The van der Waals surface area contributed by atoms with Crippen molar-refractivity contribution in [2.24, 2.45) is 0 Å². The SMILES string of the molecule is Nc1nc2c(nnn2[C@@H]2O[C@@H]3COP(=O)(O)O[C@@H]4C(COP(O)(=S)O[C@@H]2[C@H]3F)O[C@@H](n2nnc3c(N)ncnc32)[C@H]4F)c(=O)[nH]1. The number of aromatic nitrogens is 10. The molecule has 0 aliphatic carbocycles. The van der Waals surface area contributed by atoms with Gasteiger partial charge in [-0.15, -0.1) is 10.2 Å². The molecule has 0 saturated carbocycles. The third kappa shape index (κ3) is 5.38. The molecule has 3 saturated heterocycles. The minimum Gasteiger partial charge on any atom is -0.382 e. The number of nitrogens with zero attached hydrogens (tertiary/aromatic N) is 9. The number of H-pyrrole nitrogens is 1. The van der Waals surface area contributed by atoms with Gasteiger partial charge in [-0.2, -0.15) is 14.3 Å². The molecule has 0 amide bonds. The number of nitrogens with two attached hydrogens (primary N) is 2. The second-order valence-electron chi connectivity index (χ2n) is 9.81. The normalized spacial score (nSPS) is 37.7. The lowest BCUT2D eigenvalue weighted by Gasteiger charge is -2.26. The average Bonchev–Trinajstić information content (AvgIpc) is 3.72. The van der Waals surface area contributed by atoms with Gasteiger partial charge in [0.15, 0.2) is 52.9 Å². The highest BCUT2D eigenvalue weighted by Crippen LogP contribution is 2.54. The molecule has 45 heavy (non-hydrogen) atoms. The topological polar surface area (TPSA) is 298 Å². The van der Waals surface area contributed by atoms with E-state index in [0.717, 1.165) is 15.7 Å². The quantitative estimate of drug-likeness (QED) is 0.149. The molecule has 242 valence electrons. The van der Waals surface area contributed by atoms with Gasteiger partial charge in [0.1, 0.15) is 30.7 Å². The van der Waals surface area contributed by atoms with Gasteiger partial charge < -0.3 is 35.3 Å². The number of fused-ring (bicyclic) bond motifs is 5. The molecule has 0 aromatic carbocycles. The standard InChI is InChI=1S/C18H20F2N12O10P2S/c19-6-4-1-37-43(34,35)41-10-5(40-16(7(10)20)31-13-8(27-29-31)12(21)23-3-24-13)2-38-44(36,45)42-11(6)17(39-4)32-14-9(28-30-32)15(33)26-18(22)25-14/h3-7,10-11,16-17H,1-2H2,(H,34,35)(H,36,45)(H2,21,23,24)(H3,22,25,26,33)/t4-,5?,6+,7+,10-,11-,16-,17-,44?/m1/s1. The van der Waals surface area contributed by atoms with Crippen molar-refractivity contribution in [2.75, 3.05) is 24.7 Å². The summed E-state index contributed by atoms with van der Waals surface area (Å²) in [5.74, 6) is -0.385. The Morgan fingerprint density at radius 1 is 0.933 bits per heavy atom. The molecule has 2 bridgehead atoms. The molecule has 7 rings (SSSR count). The van der Waals surface area contributed by atoms with E-state index in [0.29, 0.717) is 0 Å². The number of hydrogen-bond acceptors (Lipinski definition) is 18. The monoisotopic (exact) mass is 696 g/mol. The van der Waals surface area contributed by atoms with Gasteiger partial charge in [0.2, 0.25) is 5.95 Å². The van der Waals surface area contributed by atoms with E-state index in [2.05, 4.69) is 40.6 Å². The summed E-state index contributed by atoms with van der Waals surface area (Å²) in [5.41, 5.74) is 10.1. The number of phosphoric ester groups is 1. The van der Waals surface area contributed by atoms with Gasteiger partial charge in [-0.3, -0.25) is 23.3 Å². The zero-order valence-electron chi connectivity index (χ0n) is 22.0. The van der Waals surface area contributed by atoms with E-state index in [4.69, 9.17) is 50.8 Å². The first-order valence-electron chi connectivity index (χ1n) is 12.6. The van der Waals surface area contributed by atoms with E-state index < -0.39 is 82.5 Å². The minimum absolute atomic E-state index is 0.0245. The Morgan fingerprint density at radius 3 is 2.40 bits per heavy atom. The van der Waals surface area contributed by atoms with E-state index in [1.165, 1.54) is 0 Å². The summed E-state index contributed by atoms with van der Waals surface area (Å²) in [4.78, 5) is 47.6. The van der Waals surface area contributed by atoms with Crippen LogP contribution < -0.4 is 17.0 Å². The Hall–Kier alpha value is -3.22. The molecule has 3 aliphatic heterocycles. The van der Waals surface area contributed by atoms with Crippen LogP contribution in [0.5, 0.6) is 0 Å². The van der Waals surface area contributed by atoms with Crippen LogP contribution in [0.2, 0.25) is 0 Å². The number of rotatable bonds is 2. The summed E-state index contributed by atoms with van der Waals surface area (Å²) in [6, 6.07) is 0. The van der Waals surface area contributed by atoms with Crippen molar-refractivity contribution in [3.05, 3.63) is 16.7 Å². The highest BCUT2D eigenvalue weighted by Gasteiger charge is 2.55. The molecule has 3 fully saturated rings. The Labute approximate surface area is 251 Å². The molecule has 3 unspecified atom stereocenters. The molecule has 0 spiro atoms. The van der Waals surface area contributed by atoms with Gasteiger partial charge in [0, 0.05) is 0 Å². The van der Waals surface area contributed by atoms with Crippen LogP contribution in [0.4, 0.5) is 20.5 Å². The predicted octanol–water partition coefficient (Wildman–Crippen LogP) is -1.48. The maximum absolute atomic E-state index is 15.9. The fourth-order valence-electron chi connectivity index (χ4n) is 4.98. The Kier molecular flexibility index (Phi) is 7.40. The van der Waals surface area contributed by atoms with Crippen LogP contribution in [-0.2, 0) is 43.9 Å². The van der Waals surface area contributed by atoms with Gasteiger partial charge in [0.25, 0.3) is 5.56 Å². The average molecular weight is 696 g/mol. The van der Waals surface area contributed by atoms with Crippen LogP contribution in [0, 0.1) is 0 Å². The van der Waals surface area contributed by atoms with Crippen molar-refractivity contribution < 1.29 is 50.7 Å². The van der Waals surface area contributed by atoms with Crippen LogP contribution in [0.3, 0.4) is 0 Å². The third-order valence-electron chi connectivity index (χ3n) is 6.97. The molecule has 7 heterocycles. The van der Waals surface area contributed by atoms with Gasteiger partial charge in [-0.1, -0.05) is 10.4 Å². The molecule has 7 N–H and O–H groups in total. The molecule has 27 heteroatoms. The van der Waals surface area contributed by atoms with Crippen LogP contribution in [0.15, 0.2) is 11.1 Å². The summed E-state index contributed by atoms with van der Waals surface area (Å²) < 4.78 is 78.6. The van der Waals surface area contributed by atoms with E-state index in [1.54, 1.807) is 0 Å². The first-order chi connectivity index (χ1) is 21.3. The summed E-state index contributed by atoms with van der Waals surface area (Å²) in [5, 5.41) is 15.1. The number of hydrogen-bond donors (Lipinski definition) is 5. The number of nitrogen functional groups attached to an aromatic ring is 2. The molecular formula is C18H20F2N12O10P2S. The summed E-state index contributed by atoms with van der Waals surface area (Å²) in [6.45, 7) is -6.19. The number of anilines is 2. The van der Waals surface area contributed by atoms with Gasteiger partial charge in [-0.05, 0) is 11.8 Å². The molecule has 4 aromatic rings. The van der Waals surface area contributed by atoms with Crippen LogP contribution in [-0.4, -0.2) is 110 Å². The molecule has 0 radical (unpaired) electrons. The van der Waals surface area contributed by atoms with Crippen molar-refractivity contribution in [1.29, 1.82) is 0 Å². The third-order valence-corrected chi connectivity index (χ3v) is 9.51. The second kappa shape index (κ2) is 10.9. The van der Waals surface area contributed by atoms with Gasteiger partial charge in [0.05, 0.1) is 13.2 Å². The van der Waals surface area contributed by atoms with Crippen molar-refractivity contribution in [1.82, 2.24) is 49.9 Å². The highest BCUT2D eigenvalue weighted by atomic mass is 32.5. The smallest absolute Gasteiger partial charge is 0.382 e. The summed E-state index contributed by atoms with van der Waals surface area (Å²) >= 11 is 5.09. The zero-order valence-corrected chi connectivity index (χ0v) is 24.6. The number of alkyl halides is 2. The first kappa shape index (κ1) is 30.4. The summed E-state index contributed by atoms with van der Waals surface area (Å²) in [7, 11) is -5.18. The number of ether oxygens (including phenoxy) is 2. The minimum atomic E-state index is -5.18. The molecule has 4 aromatic heterocycles. The van der Waals surface area contributed by atoms with Crippen LogP contribution in [0.1, 0.15) is 12.5 Å². The van der Waals surface area contributed by atoms with Crippen LogP contribution in [0.25, 0.3) is 22.3 Å². The maximum Gasteiger partial charge on any atom is 0.472 e. The Bertz CT molecular complexity index is 1950. The lowest BCUT2D eigenvalue weighted by molar-refractivity contribution is -0.0680. The van der Waals surface area contributed by atoms with Crippen molar-refractivity contribution in [3.8, 4) is 0 Å². The van der Waals surface area contributed by atoms with E-state index in [1.807, 2.05) is 0 Å². The zero-order chi connectivity index (χ0) is 31.8. The van der Waals surface area contributed by atoms with Gasteiger partial charge in [-0.25, -0.2) is 23.3 Å². The number of aromatic amines is 1. The van der Waals surface area contributed by atoms with E-state index in [9.17, 15) is 19.1 Å². The largest absolute Gasteiger partial charge is 0.472 e. The molecule has 10 atom stereocenters. The van der Waals surface area contributed by atoms with Crippen molar-refractivity contribution in [3.63, 3.8) is 0 Å². The van der Waals surface area contributed by atoms with Crippen LogP contribution >= 0.6 is 14.5 Å². The number of nitrogens with one attached hydrogen (secondary N) is 1. The highest BCUT2D eigenvalue weighted by molar-refractivity contribution is 8.07. The fourth-order valence-corrected chi connectivity index (χ4v) is 7.34. The Morgan fingerprint density at radius 2 is 1.62 bits per heavy atom. The van der Waals surface area contributed by atoms with Gasteiger partial charge >= 0.3 is 14.5 Å². The van der Waals surface area contributed by atoms with Crippen molar-refractivity contribution in [2.45, 2.75) is 49.2 Å². The molecular weight excluding hydrogens is 676 g/mol. The fraction of sp³-hybridized carbons (Fsp3) is 0.556. The lowest BCUT2D eigenvalue weighted by atomic mass is 10.1. The summed E-state index contributed by atoms with van der Waals surface area (Å²) in [6.07, 6.45) is -13.6. The molecule has 22 nitrogen and oxygen atoms in total. The lowest BCUT2D eigenvalue weighted by Crippen LogP contribution is -2.34. The molecule has 3 aliphatic rings. The number of phosphoric acid groups is 1. The van der Waals surface area contributed by atoms with E-state index in [-0.39, 0.29) is 34.1 Å². The number of halogens is 2. The van der Waals surface area contributed by atoms with E-state index >= 15 is 8.78 Å². The Balaban J connectivity index is 1.21. The van der Waals surface area contributed by atoms with Crippen molar-refractivity contribution >= 4 is 60.4 Å².